The molecule has 0 unspecified atom stereocenters. The summed E-state index contributed by atoms with van der Waals surface area (Å²) in [5, 5.41) is 6.47. The Hall–Kier alpha value is -3.16. The number of aromatic nitrogens is 5. The summed E-state index contributed by atoms with van der Waals surface area (Å²) in [5.41, 5.74) is 1.02. The van der Waals surface area contributed by atoms with E-state index in [0.29, 0.717) is 11.7 Å². The van der Waals surface area contributed by atoms with Crippen molar-refractivity contribution >= 4 is 5.91 Å². The summed E-state index contributed by atoms with van der Waals surface area (Å²) in [6.45, 7) is 0.119. The van der Waals surface area contributed by atoms with Crippen LogP contribution in [0.25, 0.3) is 11.4 Å². The molecule has 0 saturated heterocycles. The molecule has 0 saturated carbocycles. The van der Waals surface area contributed by atoms with Gasteiger partial charge in [-0.1, -0.05) is 5.16 Å². The molecule has 0 aromatic carbocycles. The minimum Gasteiger partial charge on any atom is -0.342 e. The van der Waals surface area contributed by atoms with Crippen molar-refractivity contribution in [3.8, 4) is 11.4 Å². The van der Waals surface area contributed by atoms with Gasteiger partial charge in [-0.2, -0.15) is 4.98 Å². The number of amides is 1. The van der Waals surface area contributed by atoms with E-state index >= 15 is 0 Å². The van der Waals surface area contributed by atoms with Gasteiger partial charge < -0.3 is 9.84 Å². The molecule has 1 N–H and O–H groups in total. The van der Waals surface area contributed by atoms with E-state index in [4.69, 9.17) is 4.52 Å². The normalized spacial score (nSPS) is 10.3. The number of rotatable bonds is 4. The van der Waals surface area contributed by atoms with Crippen molar-refractivity contribution in [1.82, 2.24) is 30.4 Å². The molecule has 0 fully saturated rings. The lowest BCUT2D eigenvalue weighted by molar-refractivity contribution is 0.0941. The average Bonchev–Trinajstić information content (AvgIpc) is 3.03. The maximum atomic E-state index is 11.8. The Bertz CT molecular complexity index is 729. The standard InChI is InChI=1S/C13H10N6O2/c20-13(10-7-15-5-6-16-10)17-8-11-18-12(19-21-11)9-1-3-14-4-2-9/h1-7H,8H2,(H,17,20). The highest BCUT2D eigenvalue weighted by atomic mass is 16.5. The first-order valence-corrected chi connectivity index (χ1v) is 6.10. The number of hydrogen-bond acceptors (Lipinski definition) is 7. The molecule has 0 atom stereocenters. The summed E-state index contributed by atoms with van der Waals surface area (Å²) in [4.78, 5) is 27.6. The summed E-state index contributed by atoms with van der Waals surface area (Å²) in [6, 6.07) is 3.54. The average molecular weight is 282 g/mol. The van der Waals surface area contributed by atoms with Crippen LogP contribution in [0.3, 0.4) is 0 Å². The zero-order valence-electron chi connectivity index (χ0n) is 10.8. The van der Waals surface area contributed by atoms with E-state index in [2.05, 4.69) is 30.4 Å². The van der Waals surface area contributed by atoms with Gasteiger partial charge >= 0.3 is 0 Å². The molecule has 1 amide bonds. The Labute approximate surface area is 119 Å². The third-order valence-corrected chi connectivity index (χ3v) is 2.60. The van der Waals surface area contributed by atoms with E-state index in [1.807, 2.05) is 0 Å². The molecular weight excluding hydrogens is 272 g/mol. The van der Waals surface area contributed by atoms with E-state index < -0.39 is 0 Å². The van der Waals surface area contributed by atoms with Crippen molar-refractivity contribution in [2.45, 2.75) is 6.54 Å². The van der Waals surface area contributed by atoms with Crippen LogP contribution in [0.15, 0.2) is 47.6 Å². The van der Waals surface area contributed by atoms with Crippen LogP contribution in [-0.4, -0.2) is 31.0 Å². The Morgan fingerprint density at radius 2 is 2.00 bits per heavy atom. The van der Waals surface area contributed by atoms with Gasteiger partial charge in [-0.05, 0) is 12.1 Å². The van der Waals surface area contributed by atoms with Crippen molar-refractivity contribution in [2.75, 3.05) is 0 Å². The first-order valence-electron chi connectivity index (χ1n) is 6.10. The lowest BCUT2D eigenvalue weighted by atomic mass is 10.2. The second kappa shape index (κ2) is 5.87. The zero-order chi connectivity index (χ0) is 14.5. The monoisotopic (exact) mass is 282 g/mol. The van der Waals surface area contributed by atoms with Crippen molar-refractivity contribution in [1.29, 1.82) is 0 Å². The molecule has 8 nitrogen and oxygen atoms in total. The van der Waals surface area contributed by atoms with Crippen LogP contribution >= 0.6 is 0 Å². The van der Waals surface area contributed by atoms with Gasteiger partial charge in [0.2, 0.25) is 11.7 Å². The smallest absolute Gasteiger partial charge is 0.271 e. The van der Waals surface area contributed by atoms with E-state index in [-0.39, 0.29) is 18.1 Å². The molecule has 3 heterocycles. The fourth-order valence-corrected chi connectivity index (χ4v) is 1.61. The zero-order valence-corrected chi connectivity index (χ0v) is 10.8. The van der Waals surface area contributed by atoms with Crippen LogP contribution < -0.4 is 5.32 Å². The van der Waals surface area contributed by atoms with Gasteiger partial charge in [0.15, 0.2) is 0 Å². The van der Waals surface area contributed by atoms with Gasteiger partial charge in [0.25, 0.3) is 5.91 Å². The maximum Gasteiger partial charge on any atom is 0.271 e. The third kappa shape index (κ3) is 3.06. The van der Waals surface area contributed by atoms with Crippen LogP contribution in [-0.2, 0) is 6.54 Å². The number of carbonyl (C=O) groups is 1. The quantitative estimate of drug-likeness (QED) is 0.755. The first-order chi connectivity index (χ1) is 10.3. The summed E-state index contributed by atoms with van der Waals surface area (Å²) in [5.74, 6) is 0.395. The van der Waals surface area contributed by atoms with Crippen LogP contribution in [0.1, 0.15) is 16.4 Å². The van der Waals surface area contributed by atoms with Crippen LogP contribution in [0.2, 0.25) is 0 Å². The molecule has 0 aliphatic heterocycles. The number of nitrogens with one attached hydrogen (secondary N) is 1. The highest BCUT2D eigenvalue weighted by molar-refractivity contribution is 5.91. The molecule has 3 rings (SSSR count). The Kier molecular flexibility index (Phi) is 3.59. The van der Waals surface area contributed by atoms with Gasteiger partial charge in [-0.25, -0.2) is 4.98 Å². The van der Waals surface area contributed by atoms with Gasteiger partial charge in [-0.15, -0.1) is 0 Å². The Balaban J connectivity index is 1.64. The highest BCUT2D eigenvalue weighted by Gasteiger charge is 2.11. The lowest BCUT2D eigenvalue weighted by Gasteiger charge is -1.99. The van der Waals surface area contributed by atoms with E-state index in [0.717, 1.165) is 5.56 Å². The second-order valence-electron chi connectivity index (χ2n) is 4.02. The number of hydrogen-bond donors (Lipinski definition) is 1. The Morgan fingerprint density at radius 3 is 2.76 bits per heavy atom. The predicted octanol–water partition coefficient (Wildman–Crippen LogP) is 0.852. The minimum atomic E-state index is -0.355. The molecule has 0 aliphatic carbocycles. The molecule has 3 aromatic rings. The molecule has 21 heavy (non-hydrogen) atoms. The molecule has 8 heteroatoms. The highest BCUT2D eigenvalue weighted by Crippen LogP contribution is 2.13. The summed E-state index contributed by atoms with van der Waals surface area (Å²) in [6.07, 6.45) is 7.60. The van der Waals surface area contributed by atoms with Gasteiger partial charge in [0.05, 0.1) is 12.7 Å². The van der Waals surface area contributed by atoms with E-state index in [1.165, 1.54) is 18.6 Å². The molecule has 3 aromatic heterocycles. The molecule has 104 valence electrons. The van der Waals surface area contributed by atoms with Crippen LogP contribution in [0.5, 0.6) is 0 Å². The Morgan fingerprint density at radius 1 is 1.14 bits per heavy atom. The molecule has 0 radical (unpaired) electrons. The summed E-state index contributed by atoms with van der Waals surface area (Å²) in [7, 11) is 0. The first kappa shape index (κ1) is 12.9. The topological polar surface area (TPSA) is 107 Å². The van der Waals surface area contributed by atoms with Crippen molar-refractivity contribution in [3.63, 3.8) is 0 Å². The molecular formula is C13H10N6O2. The second-order valence-corrected chi connectivity index (χ2v) is 4.02. The maximum absolute atomic E-state index is 11.8. The van der Waals surface area contributed by atoms with Crippen molar-refractivity contribution in [3.05, 3.63) is 54.7 Å². The molecule has 0 aliphatic rings. The SMILES string of the molecule is O=C(NCc1nc(-c2ccncc2)no1)c1cnccn1. The largest absolute Gasteiger partial charge is 0.342 e. The van der Waals surface area contributed by atoms with Gasteiger partial charge in [0, 0.05) is 30.4 Å². The van der Waals surface area contributed by atoms with Gasteiger partial charge in [-0.3, -0.25) is 14.8 Å². The van der Waals surface area contributed by atoms with Crippen molar-refractivity contribution < 1.29 is 9.32 Å². The number of carbonyl (C=O) groups excluding carboxylic acids is 1. The predicted molar refractivity (Wildman–Crippen MR) is 70.7 cm³/mol. The van der Waals surface area contributed by atoms with Crippen LogP contribution in [0, 0.1) is 0 Å². The number of nitrogens with zero attached hydrogens (tertiary/aromatic N) is 5. The fourth-order valence-electron chi connectivity index (χ4n) is 1.61. The van der Waals surface area contributed by atoms with E-state index in [1.54, 1.807) is 24.5 Å². The van der Waals surface area contributed by atoms with Crippen molar-refractivity contribution in [2.24, 2.45) is 0 Å². The van der Waals surface area contributed by atoms with E-state index in [9.17, 15) is 4.79 Å². The molecule has 0 spiro atoms. The van der Waals surface area contributed by atoms with Gasteiger partial charge in [0.1, 0.15) is 5.69 Å². The number of pyridine rings is 1. The third-order valence-electron chi connectivity index (χ3n) is 2.60. The minimum absolute atomic E-state index is 0.119. The van der Waals surface area contributed by atoms with Crippen LogP contribution in [0.4, 0.5) is 0 Å². The molecule has 0 bridgehead atoms. The fraction of sp³-hybridized carbons (Fsp3) is 0.0769. The lowest BCUT2D eigenvalue weighted by Crippen LogP contribution is -2.24. The summed E-state index contributed by atoms with van der Waals surface area (Å²) >= 11 is 0. The summed E-state index contributed by atoms with van der Waals surface area (Å²) < 4.78 is 5.07.